The van der Waals surface area contributed by atoms with Gasteiger partial charge in [-0.15, -0.1) is 0 Å². The molecule has 1 aromatic heterocycles. The Morgan fingerprint density at radius 3 is 2.14 bits per heavy atom. The summed E-state index contributed by atoms with van der Waals surface area (Å²) in [4.78, 5) is 26.4. The number of esters is 2. The molecule has 0 fully saturated rings. The molecule has 0 saturated carbocycles. The lowest BCUT2D eigenvalue weighted by atomic mass is 10.1. The van der Waals surface area contributed by atoms with Gasteiger partial charge in [-0.2, -0.15) is 13.2 Å². The first-order valence-electron chi connectivity index (χ1n) is 8.65. The third-order valence-electron chi connectivity index (χ3n) is 3.93. The molecule has 1 aromatic carbocycles. The molecule has 10 heteroatoms. The highest BCUT2D eigenvalue weighted by Crippen LogP contribution is 2.33. The van der Waals surface area contributed by atoms with Crippen LogP contribution in [0.2, 0.25) is 0 Å². The summed E-state index contributed by atoms with van der Waals surface area (Å²) in [6.45, 7) is 2.72. The molecule has 1 heterocycles. The van der Waals surface area contributed by atoms with Crippen LogP contribution in [0.1, 0.15) is 31.7 Å². The van der Waals surface area contributed by atoms with E-state index in [-0.39, 0.29) is 19.1 Å². The second-order valence-corrected chi connectivity index (χ2v) is 7.04. The van der Waals surface area contributed by atoms with Crippen LogP contribution in [0.5, 0.6) is 0 Å². The van der Waals surface area contributed by atoms with E-state index in [4.69, 9.17) is 13.9 Å². The number of benzene rings is 1. The number of hydrogen-bond acceptors (Lipinski definition) is 6. The third kappa shape index (κ3) is 7.19. The summed E-state index contributed by atoms with van der Waals surface area (Å²) < 4.78 is 53.9. The monoisotopic (exact) mass is 477 g/mol. The highest BCUT2D eigenvalue weighted by molar-refractivity contribution is 9.10. The summed E-state index contributed by atoms with van der Waals surface area (Å²) in [6.07, 6.45) is -3.60. The van der Waals surface area contributed by atoms with E-state index in [2.05, 4.69) is 20.9 Å². The molecule has 0 atom stereocenters. The van der Waals surface area contributed by atoms with Gasteiger partial charge in [-0.25, -0.2) is 4.98 Å². The van der Waals surface area contributed by atoms with Gasteiger partial charge in [-0.05, 0) is 34.5 Å². The van der Waals surface area contributed by atoms with E-state index in [0.717, 1.165) is 12.1 Å². The number of carbonyl (C=O) groups excluding carboxylic acids is 2. The van der Waals surface area contributed by atoms with Crippen molar-refractivity contribution in [1.29, 1.82) is 0 Å². The number of ether oxygens (including phenoxy) is 2. The predicted octanol–water partition coefficient (Wildman–Crippen LogP) is 4.80. The Kier molecular flexibility index (Phi) is 7.83. The standard InChI is InChI=1S/C19H19BrF3NO5/c1-11(25)27-9-13(10-28-12(2)26)3-8-16-24-17(18(20)29-16)14-4-6-15(7-5-14)19(21,22)23/h4-7,13H,3,8-10H2,1-2H3. The van der Waals surface area contributed by atoms with Crippen LogP contribution in [0.25, 0.3) is 11.3 Å². The van der Waals surface area contributed by atoms with Gasteiger partial charge in [0.25, 0.3) is 0 Å². The van der Waals surface area contributed by atoms with Crippen molar-refractivity contribution >= 4 is 27.9 Å². The molecule has 0 amide bonds. The number of nitrogens with zero attached hydrogens (tertiary/aromatic N) is 1. The second kappa shape index (κ2) is 9.91. The molecular formula is C19H19BrF3NO5. The average Bonchev–Trinajstić information content (AvgIpc) is 3.00. The molecule has 0 unspecified atom stereocenters. The minimum Gasteiger partial charge on any atom is -0.465 e. The summed E-state index contributed by atoms with van der Waals surface area (Å²) >= 11 is 3.23. The molecule has 158 valence electrons. The molecule has 0 aliphatic carbocycles. The van der Waals surface area contributed by atoms with Crippen LogP contribution in [0, 0.1) is 5.92 Å². The predicted molar refractivity (Wildman–Crippen MR) is 99.7 cm³/mol. The summed E-state index contributed by atoms with van der Waals surface area (Å²) in [5, 5.41) is 0. The zero-order valence-corrected chi connectivity index (χ0v) is 17.3. The maximum absolute atomic E-state index is 12.7. The van der Waals surface area contributed by atoms with Gasteiger partial charge < -0.3 is 13.9 Å². The van der Waals surface area contributed by atoms with Crippen LogP contribution in [-0.4, -0.2) is 30.1 Å². The number of aryl methyl sites for hydroxylation is 1. The minimum absolute atomic E-state index is 0.0796. The quantitative estimate of drug-likeness (QED) is 0.508. The molecule has 0 aliphatic rings. The highest BCUT2D eigenvalue weighted by Gasteiger charge is 2.30. The second-order valence-electron chi connectivity index (χ2n) is 6.31. The molecule has 0 radical (unpaired) electrons. The lowest BCUT2D eigenvalue weighted by molar-refractivity contribution is -0.146. The summed E-state index contributed by atoms with van der Waals surface area (Å²) in [6, 6.07) is 4.59. The van der Waals surface area contributed by atoms with Crippen LogP contribution < -0.4 is 0 Å². The van der Waals surface area contributed by atoms with E-state index in [1.165, 1.54) is 26.0 Å². The number of alkyl halides is 3. The van der Waals surface area contributed by atoms with Gasteiger partial charge in [0, 0.05) is 31.7 Å². The fourth-order valence-electron chi connectivity index (χ4n) is 2.46. The van der Waals surface area contributed by atoms with Crippen molar-refractivity contribution in [2.24, 2.45) is 5.92 Å². The average molecular weight is 478 g/mol. The van der Waals surface area contributed by atoms with E-state index in [1.807, 2.05) is 0 Å². The first kappa shape index (κ1) is 22.9. The van der Waals surface area contributed by atoms with Crippen LogP contribution in [0.3, 0.4) is 0 Å². The number of oxazole rings is 1. The molecule has 6 nitrogen and oxygen atoms in total. The third-order valence-corrected chi connectivity index (χ3v) is 4.46. The van der Waals surface area contributed by atoms with E-state index >= 15 is 0 Å². The Hall–Kier alpha value is -2.36. The number of carbonyl (C=O) groups is 2. The van der Waals surface area contributed by atoms with Gasteiger partial charge >= 0.3 is 18.1 Å². The Bertz CT molecular complexity index is 831. The molecule has 0 saturated heterocycles. The Morgan fingerprint density at radius 2 is 1.66 bits per heavy atom. The zero-order chi connectivity index (χ0) is 21.6. The van der Waals surface area contributed by atoms with E-state index in [0.29, 0.717) is 34.7 Å². The normalized spacial score (nSPS) is 11.6. The maximum Gasteiger partial charge on any atom is 0.416 e. The first-order chi connectivity index (χ1) is 13.6. The fourth-order valence-corrected chi connectivity index (χ4v) is 2.96. The van der Waals surface area contributed by atoms with Gasteiger partial charge in [0.1, 0.15) is 5.69 Å². The molecule has 0 aliphatic heterocycles. The van der Waals surface area contributed by atoms with Crippen molar-refractivity contribution in [3.8, 4) is 11.3 Å². The Balaban J connectivity index is 2.06. The summed E-state index contributed by atoms with van der Waals surface area (Å²) in [5.74, 6) is -0.784. The first-order valence-corrected chi connectivity index (χ1v) is 9.45. The van der Waals surface area contributed by atoms with Gasteiger partial charge in [-0.1, -0.05) is 12.1 Å². The SMILES string of the molecule is CC(=O)OCC(CCc1nc(-c2ccc(C(F)(F)F)cc2)c(Br)o1)COC(C)=O. The number of hydrogen-bond donors (Lipinski definition) is 0. The zero-order valence-electron chi connectivity index (χ0n) is 15.7. The fraction of sp³-hybridized carbons (Fsp3) is 0.421. The topological polar surface area (TPSA) is 78.6 Å². The van der Waals surface area contributed by atoms with Crippen molar-refractivity contribution in [3.63, 3.8) is 0 Å². The van der Waals surface area contributed by atoms with Crippen LogP contribution >= 0.6 is 15.9 Å². The van der Waals surface area contributed by atoms with E-state index in [1.54, 1.807) is 0 Å². The van der Waals surface area contributed by atoms with Gasteiger partial charge in [-0.3, -0.25) is 9.59 Å². The maximum atomic E-state index is 12.7. The largest absolute Gasteiger partial charge is 0.465 e. The van der Waals surface area contributed by atoms with Gasteiger partial charge in [0.15, 0.2) is 10.6 Å². The van der Waals surface area contributed by atoms with Gasteiger partial charge in [0.2, 0.25) is 0 Å². The summed E-state index contributed by atoms with van der Waals surface area (Å²) in [5.41, 5.74) is 0.0985. The lowest BCUT2D eigenvalue weighted by Crippen LogP contribution is -2.20. The number of halogens is 4. The molecule has 2 rings (SSSR count). The Morgan fingerprint density at radius 1 is 1.10 bits per heavy atom. The van der Waals surface area contributed by atoms with Crippen molar-refractivity contribution in [3.05, 3.63) is 40.4 Å². The molecule has 0 N–H and O–H groups in total. The Labute approximate surface area is 173 Å². The van der Waals surface area contributed by atoms with Crippen molar-refractivity contribution in [1.82, 2.24) is 4.98 Å². The van der Waals surface area contributed by atoms with Crippen molar-refractivity contribution in [2.45, 2.75) is 32.9 Å². The van der Waals surface area contributed by atoms with Crippen LogP contribution in [-0.2, 0) is 31.7 Å². The molecule has 0 spiro atoms. The molecular weight excluding hydrogens is 459 g/mol. The molecule has 2 aromatic rings. The number of rotatable bonds is 8. The molecule has 29 heavy (non-hydrogen) atoms. The number of aromatic nitrogens is 1. The minimum atomic E-state index is -4.41. The summed E-state index contributed by atoms with van der Waals surface area (Å²) in [7, 11) is 0. The molecule has 0 bridgehead atoms. The van der Waals surface area contributed by atoms with Crippen LogP contribution in [0.4, 0.5) is 13.2 Å². The van der Waals surface area contributed by atoms with Crippen molar-refractivity contribution < 1.29 is 36.7 Å². The van der Waals surface area contributed by atoms with Crippen molar-refractivity contribution in [2.75, 3.05) is 13.2 Å². The smallest absolute Gasteiger partial charge is 0.416 e. The van der Waals surface area contributed by atoms with Crippen LogP contribution in [0.15, 0.2) is 33.4 Å². The van der Waals surface area contributed by atoms with E-state index < -0.39 is 23.7 Å². The van der Waals surface area contributed by atoms with Gasteiger partial charge in [0.05, 0.1) is 18.8 Å². The lowest BCUT2D eigenvalue weighted by Gasteiger charge is -2.15. The van der Waals surface area contributed by atoms with E-state index in [9.17, 15) is 22.8 Å². The highest BCUT2D eigenvalue weighted by atomic mass is 79.9.